The molecule has 0 bridgehead atoms. The number of rotatable bonds is 16. The van der Waals surface area contributed by atoms with Gasteiger partial charge in [0.1, 0.15) is 0 Å². The zero-order chi connectivity index (χ0) is 22.0. The third-order valence-electron chi connectivity index (χ3n) is 4.24. The smallest absolute Gasteiger partial charge is 0.336 e. The molecular weight excluding hydrogens is 366 g/mol. The quantitative estimate of drug-likeness (QED) is 0.287. The number of carbonyl (C=O) groups is 3. The van der Waals surface area contributed by atoms with E-state index in [1.165, 1.54) is 70.8 Å². The number of nitrogens with zero attached hydrogens (tertiary/aromatic N) is 1. The molecule has 0 aliphatic rings. The van der Waals surface area contributed by atoms with Crippen LogP contribution in [0.25, 0.3) is 0 Å². The van der Waals surface area contributed by atoms with Crippen LogP contribution in [0.3, 0.4) is 0 Å². The first kappa shape index (κ1) is 28.5. The van der Waals surface area contributed by atoms with Crippen molar-refractivity contribution in [3.05, 3.63) is 0 Å². The minimum absolute atomic E-state index is 1.14. The number of aliphatic carboxylic acids is 3. The highest BCUT2D eigenvalue weighted by atomic mass is 16.4. The van der Waals surface area contributed by atoms with Crippen LogP contribution in [0.5, 0.6) is 0 Å². The van der Waals surface area contributed by atoms with Crippen molar-refractivity contribution in [1.29, 1.82) is 0 Å². The second kappa shape index (κ2) is 17.4. The molecule has 0 unspecified atom stereocenters. The van der Waals surface area contributed by atoms with E-state index in [-0.39, 0.29) is 0 Å². The van der Waals surface area contributed by atoms with E-state index in [2.05, 4.69) is 25.9 Å². The van der Waals surface area contributed by atoms with Gasteiger partial charge in [0, 0.05) is 0 Å². The fourth-order valence-electron chi connectivity index (χ4n) is 2.63. The topological polar surface area (TPSA) is 135 Å². The van der Waals surface area contributed by atoms with E-state index in [0.29, 0.717) is 0 Å². The summed E-state index contributed by atoms with van der Waals surface area (Å²) in [5.41, 5.74) is -2.74. The highest BCUT2D eigenvalue weighted by Gasteiger charge is 2.40. The van der Waals surface area contributed by atoms with Crippen molar-refractivity contribution in [2.45, 2.75) is 89.6 Å². The SMILES string of the molecule is CCCCCCCCCCCCN(C)C.O=C(O)CC(O)(CC(=O)O)C(=O)O. The van der Waals surface area contributed by atoms with Crippen molar-refractivity contribution in [2.24, 2.45) is 0 Å². The Labute approximate surface area is 168 Å². The molecular formula is C20H39NO7. The average Bonchev–Trinajstić information content (AvgIpc) is 2.55. The summed E-state index contributed by atoms with van der Waals surface area (Å²) in [6.45, 7) is 3.54. The van der Waals surface area contributed by atoms with E-state index in [0.717, 1.165) is 0 Å². The maximum absolute atomic E-state index is 10.3. The van der Waals surface area contributed by atoms with Gasteiger partial charge in [-0.15, -0.1) is 0 Å². The number of hydrogen-bond donors (Lipinski definition) is 4. The zero-order valence-corrected chi connectivity index (χ0v) is 17.7. The van der Waals surface area contributed by atoms with Gasteiger partial charge in [-0.3, -0.25) is 9.59 Å². The summed E-state index contributed by atoms with van der Waals surface area (Å²) in [5.74, 6) is -5.02. The molecule has 0 aliphatic heterocycles. The normalized spacial score (nSPS) is 11.0. The van der Waals surface area contributed by atoms with E-state index in [9.17, 15) is 14.4 Å². The van der Waals surface area contributed by atoms with Crippen molar-refractivity contribution in [3.63, 3.8) is 0 Å². The van der Waals surface area contributed by atoms with Gasteiger partial charge in [0.2, 0.25) is 0 Å². The number of hydrogen-bond acceptors (Lipinski definition) is 5. The lowest BCUT2D eigenvalue weighted by atomic mass is 9.96. The molecule has 0 fully saturated rings. The Morgan fingerprint density at radius 1 is 0.714 bits per heavy atom. The van der Waals surface area contributed by atoms with Crippen molar-refractivity contribution in [1.82, 2.24) is 4.90 Å². The first-order valence-electron chi connectivity index (χ1n) is 10.1. The first-order valence-corrected chi connectivity index (χ1v) is 10.1. The van der Waals surface area contributed by atoms with E-state index in [4.69, 9.17) is 20.4 Å². The van der Waals surface area contributed by atoms with Crippen LogP contribution in [0.4, 0.5) is 0 Å². The van der Waals surface area contributed by atoms with E-state index in [1.54, 1.807) is 0 Å². The fraction of sp³-hybridized carbons (Fsp3) is 0.850. The molecule has 0 aliphatic carbocycles. The van der Waals surface area contributed by atoms with Crippen LogP contribution >= 0.6 is 0 Å². The second-order valence-electron chi connectivity index (χ2n) is 7.46. The molecule has 4 N–H and O–H groups in total. The van der Waals surface area contributed by atoms with Gasteiger partial charge in [0.15, 0.2) is 5.60 Å². The van der Waals surface area contributed by atoms with Crippen molar-refractivity contribution in [3.8, 4) is 0 Å². The van der Waals surface area contributed by atoms with Crippen LogP contribution < -0.4 is 0 Å². The molecule has 0 atom stereocenters. The molecule has 0 aromatic rings. The molecule has 0 saturated heterocycles. The van der Waals surface area contributed by atoms with Crippen molar-refractivity contribution in [2.75, 3.05) is 20.6 Å². The first-order chi connectivity index (χ1) is 13.0. The summed E-state index contributed by atoms with van der Waals surface area (Å²) >= 11 is 0. The molecule has 8 heteroatoms. The fourth-order valence-corrected chi connectivity index (χ4v) is 2.63. The molecule has 0 saturated carbocycles. The lowest BCUT2D eigenvalue weighted by Gasteiger charge is -2.18. The predicted molar refractivity (Wildman–Crippen MR) is 107 cm³/mol. The molecule has 0 amide bonds. The van der Waals surface area contributed by atoms with E-state index >= 15 is 0 Å². The summed E-state index contributed by atoms with van der Waals surface area (Å²) in [6, 6.07) is 0. The minimum atomic E-state index is -2.74. The van der Waals surface area contributed by atoms with Gasteiger partial charge in [0.05, 0.1) is 12.8 Å². The Kier molecular flexibility index (Phi) is 17.8. The van der Waals surface area contributed by atoms with Crippen LogP contribution in [0.15, 0.2) is 0 Å². The van der Waals surface area contributed by atoms with Gasteiger partial charge in [-0.05, 0) is 27.1 Å². The summed E-state index contributed by atoms with van der Waals surface area (Å²) < 4.78 is 0. The second-order valence-corrected chi connectivity index (χ2v) is 7.46. The summed E-state index contributed by atoms with van der Waals surface area (Å²) in [7, 11) is 4.32. The largest absolute Gasteiger partial charge is 0.481 e. The van der Waals surface area contributed by atoms with Crippen LogP contribution in [0.1, 0.15) is 84.0 Å². The molecule has 166 valence electrons. The summed E-state index contributed by atoms with van der Waals surface area (Å²) in [5, 5.41) is 33.8. The van der Waals surface area contributed by atoms with E-state index < -0.39 is 36.4 Å². The Balaban J connectivity index is 0. The number of carboxylic acids is 3. The van der Waals surface area contributed by atoms with Crippen molar-refractivity contribution >= 4 is 17.9 Å². The standard InChI is InChI=1S/C14H31N.C6H8O7/c1-4-5-6-7-8-9-10-11-12-13-14-15(2)3;7-3(8)1-6(13,5(11)12)2-4(9)10/h4-14H2,1-3H3;13H,1-2H2,(H,7,8)(H,9,10)(H,11,12). The summed E-state index contributed by atoms with van der Waals surface area (Å²) in [6.07, 6.45) is 12.1. The van der Waals surface area contributed by atoms with Gasteiger partial charge < -0.3 is 25.3 Å². The number of carboxylic acid groups (broad SMARTS) is 3. The Bertz CT molecular complexity index is 422. The van der Waals surface area contributed by atoms with Gasteiger partial charge in [0.25, 0.3) is 0 Å². The van der Waals surface area contributed by atoms with Gasteiger partial charge in [-0.25, -0.2) is 4.79 Å². The van der Waals surface area contributed by atoms with Gasteiger partial charge in [-0.2, -0.15) is 0 Å². The summed E-state index contributed by atoms with van der Waals surface area (Å²) in [4.78, 5) is 32.8. The van der Waals surface area contributed by atoms with Crippen LogP contribution in [0.2, 0.25) is 0 Å². The van der Waals surface area contributed by atoms with Crippen LogP contribution in [-0.2, 0) is 14.4 Å². The van der Waals surface area contributed by atoms with Crippen LogP contribution in [-0.4, -0.2) is 69.5 Å². The minimum Gasteiger partial charge on any atom is -0.481 e. The van der Waals surface area contributed by atoms with E-state index in [1.807, 2.05) is 0 Å². The maximum atomic E-state index is 10.3. The van der Waals surface area contributed by atoms with Gasteiger partial charge >= 0.3 is 17.9 Å². The zero-order valence-electron chi connectivity index (χ0n) is 17.7. The monoisotopic (exact) mass is 405 g/mol. The highest BCUT2D eigenvalue weighted by molar-refractivity contribution is 5.88. The highest BCUT2D eigenvalue weighted by Crippen LogP contribution is 2.15. The molecule has 0 spiro atoms. The molecule has 8 nitrogen and oxygen atoms in total. The lowest BCUT2D eigenvalue weighted by molar-refractivity contribution is -0.170. The predicted octanol–water partition coefficient (Wildman–Crippen LogP) is 3.22. The molecule has 0 heterocycles. The van der Waals surface area contributed by atoms with Crippen molar-refractivity contribution < 1.29 is 34.8 Å². The molecule has 0 rings (SSSR count). The molecule has 0 aromatic heterocycles. The molecule has 0 aromatic carbocycles. The molecule has 0 radical (unpaired) electrons. The molecule has 28 heavy (non-hydrogen) atoms. The van der Waals surface area contributed by atoms with Crippen LogP contribution in [0, 0.1) is 0 Å². The Morgan fingerprint density at radius 3 is 1.36 bits per heavy atom. The Morgan fingerprint density at radius 2 is 1.07 bits per heavy atom. The average molecular weight is 406 g/mol. The lowest BCUT2D eigenvalue weighted by Crippen LogP contribution is -2.42. The van der Waals surface area contributed by atoms with Gasteiger partial charge in [-0.1, -0.05) is 64.7 Å². The third-order valence-corrected chi connectivity index (χ3v) is 4.24. The third kappa shape index (κ3) is 19.1. The maximum Gasteiger partial charge on any atom is 0.336 e. The number of unbranched alkanes of at least 4 members (excludes halogenated alkanes) is 9. The number of aliphatic hydroxyl groups is 1. The Hall–Kier alpha value is -1.67.